The van der Waals surface area contributed by atoms with Gasteiger partial charge in [-0.1, -0.05) is 42.5 Å². The molecule has 2 heteroatoms. The second kappa shape index (κ2) is 3.97. The molecule has 1 N–H and O–H groups in total. The number of benzene rings is 2. The third-order valence-corrected chi connectivity index (χ3v) is 4.09. The zero-order valence-electron chi connectivity index (χ0n) is 10.9. The lowest BCUT2D eigenvalue weighted by atomic mass is 9.91. The van der Waals surface area contributed by atoms with E-state index in [1.54, 1.807) is 0 Å². The van der Waals surface area contributed by atoms with Crippen LogP contribution in [-0.4, -0.2) is 16.9 Å². The molecule has 3 aromatic rings. The van der Waals surface area contributed by atoms with Gasteiger partial charge in [0, 0.05) is 23.6 Å². The monoisotopic (exact) mass is 248 g/mol. The number of H-pyrrole nitrogens is 1. The van der Waals surface area contributed by atoms with Gasteiger partial charge in [0.05, 0.1) is 6.04 Å². The van der Waals surface area contributed by atoms with Crippen molar-refractivity contribution in [1.29, 1.82) is 0 Å². The Morgan fingerprint density at radius 1 is 1.05 bits per heavy atom. The van der Waals surface area contributed by atoms with Crippen LogP contribution in [0.1, 0.15) is 22.7 Å². The van der Waals surface area contributed by atoms with Gasteiger partial charge in [-0.3, -0.25) is 4.90 Å². The van der Waals surface area contributed by atoms with E-state index in [9.17, 15) is 0 Å². The number of rotatable bonds is 1. The van der Waals surface area contributed by atoms with Gasteiger partial charge in [0.2, 0.25) is 0 Å². The molecule has 0 unspecified atom stereocenters. The molecule has 2 heterocycles. The Morgan fingerprint density at radius 2 is 1.89 bits per heavy atom. The molecular formula is C17H16N2. The van der Waals surface area contributed by atoms with Gasteiger partial charge in [0.1, 0.15) is 0 Å². The Bertz CT molecular complexity index is 727. The molecule has 2 aromatic carbocycles. The average Bonchev–Trinajstić information content (AvgIpc) is 2.86. The first-order chi connectivity index (χ1) is 9.34. The van der Waals surface area contributed by atoms with E-state index in [1.807, 2.05) is 0 Å². The summed E-state index contributed by atoms with van der Waals surface area (Å²) >= 11 is 0. The van der Waals surface area contributed by atoms with Crippen LogP contribution < -0.4 is 0 Å². The number of nitrogens with zero attached hydrogens (tertiary/aromatic N) is 1. The van der Waals surface area contributed by atoms with Crippen molar-refractivity contribution in [2.75, 3.05) is 7.05 Å². The molecule has 0 saturated heterocycles. The highest BCUT2D eigenvalue weighted by atomic mass is 15.1. The van der Waals surface area contributed by atoms with Gasteiger partial charge in [-0.15, -0.1) is 0 Å². The molecule has 0 radical (unpaired) electrons. The Kier molecular flexibility index (Phi) is 2.26. The second-order valence-electron chi connectivity index (χ2n) is 5.31. The minimum absolute atomic E-state index is 0.352. The van der Waals surface area contributed by atoms with Gasteiger partial charge in [0.15, 0.2) is 0 Å². The van der Waals surface area contributed by atoms with Crippen LogP contribution in [0.25, 0.3) is 10.9 Å². The van der Waals surface area contributed by atoms with Gasteiger partial charge in [-0.05, 0) is 29.8 Å². The second-order valence-corrected chi connectivity index (χ2v) is 5.31. The molecule has 4 rings (SSSR count). The van der Waals surface area contributed by atoms with E-state index in [-0.39, 0.29) is 0 Å². The summed E-state index contributed by atoms with van der Waals surface area (Å²) < 4.78 is 0. The van der Waals surface area contributed by atoms with Crippen molar-refractivity contribution in [1.82, 2.24) is 9.88 Å². The van der Waals surface area contributed by atoms with Gasteiger partial charge in [0.25, 0.3) is 0 Å². The fourth-order valence-electron chi connectivity index (χ4n) is 3.30. The Labute approximate surface area is 112 Å². The van der Waals surface area contributed by atoms with E-state index in [1.165, 1.54) is 27.6 Å². The molecule has 19 heavy (non-hydrogen) atoms. The zero-order chi connectivity index (χ0) is 12.8. The number of hydrogen-bond acceptors (Lipinski definition) is 1. The molecule has 2 nitrogen and oxygen atoms in total. The van der Waals surface area contributed by atoms with Crippen LogP contribution >= 0.6 is 0 Å². The van der Waals surface area contributed by atoms with Gasteiger partial charge in [-0.2, -0.15) is 0 Å². The molecule has 1 atom stereocenters. The minimum atomic E-state index is 0.352. The van der Waals surface area contributed by atoms with Gasteiger partial charge < -0.3 is 4.98 Å². The molecule has 0 bridgehead atoms. The summed E-state index contributed by atoms with van der Waals surface area (Å²) in [4.78, 5) is 5.83. The van der Waals surface area contributed by atoms with E-state index in [0.29, 0.717) is 6.04 Å². The summed E-state index contributed by atoms with van der Waals surface area (Å²) in [6.45, 7) is 1.00. The van der Waals surface area contributed by atoms with Crippen LogP contribution in [0.2, 0.25) is 0 Å². The van der Waals surface area contributed by atoms with E-state index in [2.05, 4.69) is 71.7 Å². The van der Waals surface area contributed by atoms with E-state index < -0.39 is 0 Å². The highest BCUT2D eigenvalue weighted by molar-refractivity contribution is 5.88. The summed E-state index contributed by atoms with van der Waals surface area (Å²) in [5, 5.41) is 1.41. The minimum Gasteiger partial charge on any atom is -0.361 e. The number of aromatic nitrogens is 1. The molecule has 1 aromatic heterocycles. The summed E-state index contributed by atoms with van der Waals surface area (Å²) in [7, 11) is 2.20. The van der Waals surface area contributed by atoms with E-state index >= 15 is 0 Å². The molecule has 94 valence electrons. The first-order valence-electron chi connectivity index (χ1n) is 6.68. The molecule has 0 fully saturated rings. The zero-order valence-corrected chi connectivity index (χ0v) is 10.9. The van der Waals surface area contributed by atoms with Gasteiger partial charge in [-0.25, -0.2) is 0 Å². The van der Waals surface area contributed by atoms with Crippen molar-refractivity contribution < 1.29 is 0 Å². The predicted octanol–water partition coefficient (Wildman–Crippen LogP) is 3.70. The Balaban J connectivity index is 1.97. The smallest absolute Gasteiger partial charge is 0.0623 e. The SMILES string of the molecule is CN1Cc2cccc3[nH]cc(c23)[C@H]1c1ccccc1. The normalized spacial score (nSPS) is 18.9. The molecule has 1 aliphatic heterocycles. The fraction of sp³-hybridized carbons (Fsp3) is 0.176. The lowest BCUT2D eigenvalue weighted by molar-refractivity contribution is 0.266. The topological polar surface area (TPSA) is 19.0 Å². The maximum atomic E-state index is 3.41. The van der Waals surface area contributed by atoms with Crippen molar-refractivity contribution in [2.24, 2.45) is 0 Å². The standard InChI is InChI=1S/C17H16N2/c1-19-11-13-8-5-9-15-16(13)14(10-18-15)17(19)12-6-3-2-4-7-12/h2-10,17-18H,11H2,1H3/t17-/m1/s1. The van der Waals surface area contributed by atoms with Crippen LogP contribution in [0.5, 0.6) is 0 Å². The van der Waals surface area contributed by atoms with E-state index in [4.69, 9.17) is 0 Å². The Hall–Kier alpha value is -2.06. The summed E-state index contributed by atoms with van der Waals surface area (Å²) in [6, 6.07) is 17.6. The maximum absolute atomic E-state index is 3.41. The molecule has 1 aliphatic rings. The lowest BCUT2D eigenvalue weighted by Gasteiger charge is -2.33. The highest BCUT2D eigenvalue weighted by Crippen LogP contribution is 2.39. The average molecular weight is 248 g/mol. The van der Waals surface area contributed by atoms with Crippen LogP contribution in [0.15, 0.2) is 54.7 Å². The molecular weight excluding hydrogens is 232 g/mol. The molecule has 0 spiro atoms. The highest BCUT2D eigenvalue weighted by Gasteiger charge is 2.27. The first-order valence-corrected chi connectivity index (χ1v) is 6.68. The number of aromatic amines is 1. The van der Waals surface area contributed by atoms with Crippen LogP contribution in [0.3, 0.4) is 0 Å². The fourth-order valence-corrected chi connectivity index (χ4v) is 3.30. The molecule has 0 aliphatic carbocycles. The quantitative estimate of drug-likeness (QED) is 0.695. The van der Waals surface area contributed by atoms with Crippen molar-refractivity contribution in [2.45, 2.75) is 12.6 Å². The third kappa shape index (κ3) is 1.53. The maximum Gasteiger partial charge on any atom is 0.0623 e. The van der Waals surface area contributed by atoms with Crippen molar-refractivity contribution in [3.8, 4) is 0 Å². The summed E-state index contributed by atoms with van der Waals surface area (Å²) in [6.07, 6.45) is 2.17. The van der Waals surface area contributed by atoms with Crippen LogP contribution in [0.4, 0.5) is 0 Å². The lowest BCUT2D eigenvalue weighted by Crippen LogP contribution is -2.28. The van der Waals surface area contributed by atoms with Crippen molar-refractivity contribution >= 4 is 10.9 Å². The van der Waals surface area contributed by atoms with Crippen LogP contribution in [-0.2, 0) is 6.54 Å². The first kappa shape index (κ1) is 10.8. The van der Waals surface area contributed by atoms with Crippen molar-refractivity contribution in [3.05, 3.63) is 71.4 Å². The van der Waals surface area contributed by atoms with Gasteiger partial charge >= 0.3 is 0 Å². The molecule has 0 saturated carbocycles. The number of hydrogen-bond donors (Lipinski definition) is 1. The third-order valence-electron chi connectivity index (χ3n) is 4.09. The predicted molar refractivity (Wildman–Crippen MR) is 78.1 cm³/mol. The van der Waals surface area contributed by atoms with Crippen LogP contribution in [0, 0.1) is 0 Å². The Morgan fingerprint density at radius 3 is 2.74 bits per heavy atom. The van der Waals surface area contributed by atoms with Crippen molar-refractivity contribution in [3.63, 3.8) is 0 Å². The summed E-state index contributed by atoms with van der Waals surface area (Å²) in [5.41, 5.74) is 5.43. The van der Waals surface area contributed by atoms with E-state index in [0.717, 1.165) is 6.54 Å². The molecule has 0 amide bonds. The number of nitrogens with one attached hydrogen (secondary N) is 1. The summed E-state index contributed by atoms with van der Waals surface area (Å²) in [5.74, 6) is 0. The largest absolute Gasteiger partial charge is 0.361 e.